The molecule has 1 aromatic carbocycles. The molecule has 0 radical (unpaired) electrons. The highest BCUT2D eigenvalue weighted by atomic mass is 16.5. The minimum Gasteiger partial charge on any atom is -0.460 e. The van der Waals surface area contributed by atoms with E-state index in [1.165, 1.54) is 0 Å². The number of esters is 1. The predicted molar refractivity (Wildman–Crippen MR) is 71.9 cm³/mol. The third-order valence-corrected chi connectivity index (χ3v) is 2.27. The zero-order chi connectivity index (χ0) is 13.4. The molecule has 0 bridgehead atoms. The number of carbonyl (C=O) groups is 1. The smallest absolute Gasteiger partial charge is 0.333 e. The summed E-state index contributed by atoms with van der Waals surface area (Å²) in [6, 6.07) is 9.80. The molecule has 18 heavy (non-hydrogen) atoms. The molecular weight excluding hydrogens is 228 g/mol. The van der Waals surface area contributed by atoms with Gasteiger partial charge in [0.25, 0.3) is 0 Å². The zero-order valence-corrected chi connectivity index (χ0v) is 10.5. The fourth-order valence-corrected chi connectivity index (χ4v) is 1.29. The number of aliphatic hydroxyl groups excluding tert-OH is 1. The topological polar surface area (TPSA) is 46.5 Å². The van der Waals surface area contributed by atoms with Crippen LogP contribution in [0.2, 0.25) is 0 Å². The molecule has 0 aliphatic carbocycles. The van der Waals surface area contributed by atoms with Gasteiger partial charge in [-0.15, -0.1) is 0 Å². The van der Waals surface area contributed by atoms with E-state index in [4.69, 9.17) is 4.74 Å². The van der Waals surface area contributed by atoms with E-state index in [1.54, 1.807) is 6.92 Å². The first-order valence-corrected chi connectivity index (χ1v) is 5.82. The fraction of sp³-hybridized carbons (Fsp3) is 0.267. The van der Waals surface area contributed by atoms with E-state index in [1.807, 2.05) is 42.5 Å². The maximum absolute atomic E-state index is 11.1. The summed E-state index contributed by atoms with van der Waals surface area (Å²) >= 11 is 0. The van der Waals surface area contributed by atoms with Gasteiger partial charge >= 0.3 is 5.97 Å². The second-order valence-electron chi connectivity index (χ2n) is 4.08. The van der Waals surface area contributed by atoms with Crippen molar-refractivity contribution in [1.29, 1.82) is 0 Å². The maximum atomic E-state index is 11.1. The largest absolute Gasteiger partial charge is 0.460 e. The number of benzene rings is 1. The van der Waals surface area contributed by atoms with Gasteiger partial charge < -0.3 is 9.84 Å². The molecule has 0 spiro atoms. The van der Waals surface area contributed by atoms with Gasteiger partial charge in [0.1, 0.15) is 6.61 Å². The van der Waals surface area contributed by atoms with E-state index in [0.717, 1.165) is 5.56 Å². The molecule has 0 saturated heterocycles. The van der Waals surface area contributed by atoms with Gasteiger partial charge in [-0.2, -0.15) is 0 Å². The lowest BCUT2D eigenvalue weighted by Crippen LogP contribution is -2.18. The lowest BCUT2D eigenvalue weighted by molar-refractivity contribution is -0.141. The summed E-state index contributed by atoms with van der Waals surface area (Å²) in [5, 5.41) is 9.60. The van der Waals surface area contributed by atoms with Gasteiger partial charge in [0.15, 0.2) is 0 Å². The van der Waals surface area contributed by atoms with E-state index < -0.39 is 12.1 Å². The SMILES string of the molecule is C=C(C)C(=O)OCC(O)CC=Cc1ccccc1. The third-order valence-electron chi connectivity index (χ3n) is 2.27. The second-order valence-corrected chi connectivity index (χ2v) is 4.08. The average Bonchev–Trinajstić information content (AvgIpc) is 2.37. The summed E-state index contributed by atoms with van der Waals surface area (Å²) in [6.07, 6.45) is 3.53. The molecule has 3 heteroatoms. The van der Waals surface area contributed by atoms with Crippen LogP contribution in [0.3, 0.4) is 0 Å². The van der Waals surface area contributed by atoms with Gasteiger partial charge in [0, 0.05) is 5.57 Å². The van der Waals surface area contributed by atoms with Crippen molar-refractivity contribution in [2.24, 2.45) is 0 Å². The molecule has 0 aliphatic rings. The van der Waals surface area contributed by atoms with Crippen molar-refractivity contribution in [3.05, 3.63) is 54.1 Å². The Hall–Kier alpha value is -1.87. The first-order chi connectivity index (χ1) is 8.59. The quantitative estimate of drug-likeness (QED) is 0.620. The Labute approximate surface area is 107 Å². The number of aliphatic hydroxyl groups is 1. The van der Waals surface area contributed by atoms with Crippen LogP contribution in [-0.4, -0.2) is 23.8 Å². The van der Waals surface area contributed by atoms with Gasteiger partial charge in [-0.05, 0) is 18.9 Å². The van der Waals surface area contributed by atoms with Crippen LogP contribution in [0.15, 0.2) is 48.6 Å². The zero-order valence-electron chi connectivity index (χ0n) is 10.5. The Bertz CT molecular complexity index is 421. The molecule has 1 rings (SSSR count). The van der Waals surface area contributed by atoms with Crippen LogP contribution in [0, 0.1) is 0 Å². The second kappa shape index (κ2) is 7.45. The van der Waals surface area contributed by atoms with Crippen molar-refractivity contribution in [3.63, 3.8) is 0 Å². The van der Waals surface area contributed by atoms with Crippen LogP contribution in [0.5, 0.6) is 0 Å². The number of rotatable bonds is 6. The van der Waals surface area contributed by atoms with Crippen LogP contribution in [0.1, 0.15) is 18.9 Å². The lowest BCUT2D eigenvalue weighted by atomic mass is 10.2. The van der Waals surface area contributed by atoms with Gasteiger partial charge in [-0.3, -0.25) is 0 Å². The Morgan fingerprint density at radius 2 is 2.11 bits per heavy atom. The Morgan fingerprint density at radius 1 is 1.44 bits per heavy atom. The summed E-state index contributed by atoms with van der Waals surface area (Å²) in [4.78, 5) is 11.1. The van der Waals surface area contributed by atoms with Crippen molar-refractivity contribution in [2.75, 3.05) is 6.61 Å². The van der Waals surface area contributed by atoms with Gasteiger partial charge in [-0.1, -0.05) is 49.1 Å². The van der Waals surface area contributed by atoms with Crippen LogP contribution in [-0.2, 0) is 9.53 Å². The van der Waals surface area contributed by atoms with Crippen LogP contribution >= 0.6 is 0 Å². The average molecular weight is 246 g/mol. The molecule has 0 fully saturated rings. The number of carbonyl (C=O) groups excluding carboxylic acids is 1. The molecular formula is C15H18O3. The Balaban J connectivity index is 2.29. The van der Waals surface area contributed by atoms with Crippen molar-refractivity contribution in [1.82, 2.24) is 0 Å². The fourth-order valence-electron chi connectivity index (χ4n) is 1.29. The number of ether oxygens (including phenoxy) is 1. The molecule has 0 amide bonds. The van der Waals surface area contributed by atoms with Crippen molar-refractivity contribution >= 4 is 12.0 Å². The van der Waals surface area contributed by atoms with E-state index >= 15 is 0 Å². The Kier molecular flexibility index (Phi) is 5.88. The molecule has 0 aromatic heterocycles. The monoisotopic (exact) mass is 246 g/mol. The minimum absolute atomic E-state index is 0.00910. The normalized spacial score (nSPS) is 12.3. The summed E-state index contributed by atoms with van der Waals surface area (Å²) in [6.45, 7) is 5.03. The maximum Gasteiger partial charge on any atom is 0.333 e. The first kappa shape index (κ1) is 14.2. The Morgan fingerprint density at radius 3 is 2.72 bits per heavy atom. The standard InChI is InChI=1S/C15H18O3/c1-12(2)15(17)18-11-14(16)10-6-9-13-7-4-3-5-8-13/h3-9,14,16H,1,10-11H2,2H3. The highest BCUT2D eigenvalue weighted by Gasteiger charge is 2.07. The van der Waals surface area contributed by atoms with Gasteiger partial charge in [0.2, 0.25) is 0 Å². The summed E-state index contributed by atoms with van der Waals surface area (Å²) in [7, 11) is 0. The molecule has 0 aliphatic heterocycles. The van der Waals surface area contributed by atoms with E-state index in [-0.39, 0.29) is 6.61 Å². The molecule has 3 nitrogen and oxygen atoms in total. The molecule has 1 N–H and O–H groups in total. The van der Waals surface area contributed by atoms with Crippen molar-refractivity contribution in [2.45, 2.75) is 19.4 Å². The van der Waals surface area contributed by atoms with Crippen LogP contribution < -0.4 is 0 Å². The number of hydrogen-bond donors (Lipinski definition) is 1. The van der Waals surface area contributed by atoms with E-state index in [2.05, 4.69) is 6.58 Å². The molecule has 96 valence electrons. The molecule has 0 heterocycles. The van der Waals surface area contributed by atoms with Crippen LogP contribution in [0.25, 0.3) is 6.08 Å². The minimum atomic E-state index is -0.687. The van der Waals surface area contributed by atoms with E-state index in [0.29, 0.717) is 12.0 Å². The van der Waals surface area contributed by atoms with Gasteiger partial charge in [0.05, 0.1) is 6.10 Å². The predicted octanol–water partition coefficient (Wildman–Crippen LogP) is 2.57. The highest BCUT2D eigenvalue weighted by molar-refractivity contribution is 5.86. The summed E-state index contributed by atoms with van der Waals surface area (Å²) in [5.41, 5.74) is 1.41. The summed E-state index contributed by atoms with van der Waals surface area (Å²) < 4.78 is 4.85. The lowest BCUT2D eigenvalue weighted by Gasteiger charge is -2.08. The van der Waals surface area contributed by atoms with Crippen LogP contribution in [0.4, 0.5) is 0 Å². The van der Waals surface area contributed by atoms with Gasteiger partial charge in [-0.25, -0.2) is 4.79 Å². The first-order valence-electron chi connectivity index (χ1n) is 5.82. The van der Waals surface area contributed by atoms with E-state index in [9.17, 15) is 9.90 Å². The van der Waals surface area contributed by atoms with Crippen molar-refractivity contribution in [3.8, 4) is 0 Å². The highest BCUT2D eigenvalue weighted by Crippen LogP contribution is 2.04. The molecule has 0 saturated carbocycles. The third kappa shape index (κ3) is 5.46. The number of hydrogen-bond acceptors (Lipinski definition) is 3. The molecule has 1 atom stereocenters. The summed E-state index contributed by atoms with van der Waals surface area (Å²) in [5.74, 6) is -0.471. The molecule has 1 unspecified atom stereocenters. The molecule has 1 aromatic rings. The van der Waals surface area contributed by atoms with Crippen molar-refractivity contribution < 1.29 is 14.6 Å².